The molecule has 90 valence electrons. The van der Waals surface area contributed by atoms with Crippen LogP contribution in [0, 0.1) is 6.92 Å². The highest BCUT2D eigenvalue weighted by molar-refractivity contribution is 5.98. The first-order chi connectivity index (χ1) is 8.68. The van der Waals surface area contributed by atoms with E-state index in [-0.39, 0.29) is 0 Å². The molecule has 1 N–H and O–H groups in total. The van der Waals surface area contributed by atoms with Gasteiger partial charge in [-0.1, -0.05) is 30.3 Å². The van der Waals surface area contributed by atoms with Crippen LogP contribution in [0.2, 0.25) is 0 Å². The summed E-state index contributed by atoms with van der Waals surface area (Å²) < 4.78 is 2.21. The van der Waals surface area contributed by atoms with Crippen LogP contribution in [0.15, 0.2) is 48.5 Å². The molecular formula is C16H15NO. The minimum absolute atomic E-state index is 0.302. The average Bonchev–Trinajstić information content (AvgIpc) is 2.64. The average molecular weight is 237 g/mol. The molecule has 0 saturated carbocycles. The molecule has 3 rings (SSSR count). The van der Waals surface area contributed by atoms with Gasteiger partial charge in [-0.05, 0) is 30.7 Å². The van der Waals surface area contributed by atoms with Crippen molar-refractivity contribution in [3.8, 4) is 16.9 Å². The summed E-state index contributed by atoms with van der Waals surface area (Å²) in [7, 11) is 2.08. The van der Waals surface area contributed by atoms with Crippen molar-refractivity contribution < 1.29 is 5.11 Å². The maximum Gasteiger partial charge on any atom is 0.115 e. The Labute approximate surface area is 106 Å². The number of aromatic hydroxyl groups is 1. The lowest BCUT2D eigenvalue weighted by molar-refractivity contribution is 0.475. The predicted octanol–water partition coefficient (Wildman–Crippen LogP) is 3.86. The highest BCUT2D eigenvalue weighted by Crippen LogP contribution is 2.34. The van der Waals surface area contributed by atoms with Gasteiger partial charge in [0.2, 0.25) is 0 Å². The third-order valence-electron chi connectivity index (χ3n) is 3.56. The van der Waals surface area contributed by atoms with Crippen LogP contribution in [0.4, 0.5) is 0 Å². The quantitative estimate of drug-likeness (QED) is 0.683. The van der Waals surface area contributed by atoms with E-state index in [9.17, 15) is 5.11 Å². The molecule has 0 aliphatic rings. The number of aromatic nitrogens is 1. The van der Waals surface area contributed by atoms with Gasteiger partial charge in [0.05, 0.1) is 0 Å². The first-order valence-corrected chi connectivity index (χ1v) is 6.02. The van der Waals surface area contributed by atoms with Crippen LogP contribution in [0.5, 0.6) is 5.75 Å². The summed E-state index contributed by atoms with van der Waals surface area (Å²) in [6.07, 6.45) is 0. The first kappa shape index (κ1) is 10.9. The fraction of sp³-hybridized carbons (Fsp3) is 0.125. The van der Waals surface area contributed by atoms with E-state index in [2.05, 4.69) is 42.8 Å². The minimum Gasteiger partial charge on any atom is -0.508 e. The zero-order chi connectivity index (χ0) is 12.7. The van der Waals surface area contributed by atoms with E-state index in [1.165, 1.54) is 22.2 Å². The molecule has 3 aromatic rings. The van der Waals surface area contributed by atoms with Crippen LogP contribution in [-0.2, 0) is 7.05 Å². The van der Waals surface area contributed by atoms with Crippen molar-refractivity contribution in [1.29, 1.82) is 0 Å². The molecule has 0 atom stereocenters. The molecule has 0 amide bonds. The summed E-state index contributed by atoms with van der Waals surface area (Å²) in [4.78, 5) is 0. The predicted molar refractivity (Wildman–Crippen MR) is 74.8 cm³/mol. The molecule has 1 heterocycles. The fourth-order valence-electron chi connectivity index (χ4n) is 2.51. The van der Waals surface area contributed by atoms with Gasteiger partial charge in [-0.15, -0.1) is 0 Å². The molecule has 0 unspecified atom stereocenters. The van der Waals surface area contributed by atoms with Gasteiger partial charge in [0, 0.05) is 29.2 Å². The van der Waals surface area contributed by atoms with Gasteiger partial charge in [-0.25, -0.2) is 0 Å². The number of phenolic OH excluding ortho intramolecular Hbond substituents is 1. The monoisotopic (exact) mass is 237 g/mol. The summed E-state index contributed by atoms with van der Waals surface area (Å²) in [5, 5.41) is 10.6. The van der Waals surface area contributed by atoms with Crippen molar-refractivity contribution in [3.05, 3.63) is 54.2 Å². The molecule has 1 aromatic heterocycles. The molecule has 0 saturated heterocycles. The van der Waals surface area contributed by atoms with E-state index in [0.29, 0.717) is 5.75 Å². The third kappa shape index (κ3) is 1.50. The second-order valence-corrected chi connectivity index (χ2v) is 4.58. The number of phenols is 1. The van der Waals surface area contributed by atoms with Gasteiger partial charge < -0.3 is 9.67 Å². The number of rotatable bonds is 1. The topological polar surface area (TPSA) is 25.2 Å². The van der Waals surface area contributed by atoms with Gasteiger partial charge in [0.15, 0.2) is 0 Å². The number of para-hydroxylation sites is 1. The molecule has 2 heteroatoms. The molecule has 0 fully saturated rings. The summed E-state index contributed by atoms with van der Waals surface area (Å²) in [6, 6.07) is 15.8. The van der Waals surface area contributed by atoms with Gasteiger partial charge in [0.1, 0.15) is 5.75 Å². The molecule has 0 aliphatic carbocycles. The molecule has 2 aromatic carbocycles. The number of hydrogen-bond donors (Lipinski definition) is 1. The van der Waals surface area contributed by atoms with Crippen LogP contribution < -0.4 is 0 Å². The van der Waals surface area contributed by atoms with E-state index in [1.54, 1.807) is 12.1 Å². The van der Waals surface area contributed by atoms with E-state index < -0.39 is 0 Å². The number of hydrogen-bond acceptors (Lipinski definition) is 1. The Morgan fingerprint density at radius 2 is 1.61 bits per heavy atom. The van der Waals surface area contributed by atoms with Crippen molar-refractivity contribution in [2.75, 3.05) is 0 Å². The molecule has 0 radical (unpaired) electrons. The van der Waals surface area contributed by atoms with Crippen LogP contribution in [0.1, 0.15) is 5.69 Å². The second-order valence-electron chi connectivity index (χ2n) is 4.58. The third-order valence-corrected chi connectivity index (χ3v) is 3.56. The second kappa shape index (κ2) is 3.91. The van der Waals surface area contributed by atoms with Crippen molar-refractivity contribution in [2.24, 2.45) is 7.05 Å². The lowest BCUT2D eigenvalue weighted by atomic mass is 10.0. The van der Waals surface area contributed by atoms with Crippen molar-refractivity contribution >= 4 is 10.9 Å². The number of benzene rings is 2. The number of aryl methyl sites for hydroxylation is 1. The summed E-state index contributed by atoms with van der Waals surface area (Å²) in [5.74, 6) is 0.302. The van der Waals surface area contributed by atoms with Gasteiger partial charge >= 0.3 is 0 Å². The zero-order valence-electron chi connectivity index (χ0n) is 10.5. The Bertz CT molecular complexity index is 708. The summed E-state index contributed by atoms with van der Waals surface area (Å²) in [6.45, 7) is 2.13. The molecule has 2 nitrogen and oxygen atoms in total. The highest BCUT2D eigenvalue weighted by Gasteiger charge is 2.12. The van der Waals surface area contributed by atoms with Crippen LogP contribution in [-0.4, -0.2) is 9.67 Å². The lowest BCUT2D eigenvalue weighted by Gasteiger charge is -2.03. The van der Waals surface area contributed by atoms with E-state index in [4.69, 9.17) is 0 Å². The van der Waals surface area contributed by atoms with E-state index in [1.807, 2.05) is 12.1 Å². The van der Waals surface area contributed by atoms with Crippen LogP contribution in [0.3, 0.4) is 0 Å². The summed E-state index contributed by atoms with van der Waals surface area (Å²) in [5.41, 5.74) is 4.86. The SMILES string of the molecule is Cc1c(-c2ccc(O)cc2)c2ccccc2n1C. The number of nitrogens with zero attached hydrogens (tertiary/aromatic N) is 1. The van der Waals surface area contributed by atoms with E-state index >= 15 is 0 Å². The Hall–Kier alpha value is -2.22. The molecule has 0 spiro atoms. The van der Waals surface area contributed by atoms with Crippen molar-refractivity contribution in [1.82, 2.24) is 4.57 Å². The smallest absolute Gasteiger partial charge is 0.115 e. The Morgan fingerprint density at radius 1 is 0.944 bits per heavy atom. The lowest BCUT2D eigenvalue weighted by Crippen LogP contribution is -1.90. The van der Waals surface area contributed by atoms with E-state index in [0.717, 1.165) is 5.56 Å². The van der Waals surface area contributed by atoms with Crippen LogP contribution in [0.25, 0.3) is 22.0 Å². The fourth-order valence-corrected chi connectivity index (χ4v) is 2.51. The maximum atomic E-state index is 9.39. The Morgan fingerprint density at radius 3 is 2.33 bits per heavy atom. The Balaban J connectivity index is 2.35. The van der Waals surface area contributed by atoms with Crippen molar-refractivity contribution in [2.45, 2.75) is 6.92 Å². The molecule has 0 aliphatic heterocycles. The molecular weight excluding hydrogens is 222 g/mol. The zero-order valence-corrected chi connectivity index (χ0v) is 10.5. The van der Waals surface area contributed by atoms with Gasteiger partial charge in [0.25, 0.3) is 0 Å². The van der Waals surface area contributed by atoms with Gasteiger partial charge in [-0.2, -0.15) is 0 Å². The Kier molecular flexibility index (Phi) is 2.37. The van der Waals surface area contributed by atoms with Crippen molar-refractivity contribution in [3.63, 3.8) is 0 Å². The minimum atomic E-state index is 0.302. The number of fused-ring (bicyclic) bond motifs is 1. The summed E-state index contributed by atoms with van der Waals surface area (Å²) >= 11 is 0. The largest absolute Gasteiger partial charge is 0.508 e. The standard InChI is InChI=1S/C16H15NO/c1-11-16(12-7-9-13(18)10-8-12)14-5-3-4-6-15(14)17(11)2/h3-10,18H,1-2H3. The highest BCUT2D eigenvalue weighted by atomic mass is 16.3. The normalized spacial score (nSPS) is 11.0. The van der Waals surface area contributed by atoms with Gasteiger partial charge in [-0.3, -0.25) is 0 Å². The molecule has 18 heavy (non-hydrogen) atoms. The maximum absolute atomic E-state index is 9.39. The molecule has 0 bridgehead atoms. The first-order valence-electron chi connectivity index (χ1n) is 6.02. The van der Waals surface area contributed by atoms with Crippen LogP contribution >= 0.6 is 0 Å².